The zero-order valence-corrected chi connectivity index (χ0v) is 10.4. The Labute approximate surface area is 103 Å². The van der Waals surface area contributed by atoms with Crippen molar-refractivity contribution in [1.29, 1.82) is 0 Å². The molecule has 0 heterocycles. The van der Waals surface area contributed by atoms with Gasteiger partial charge < -0.3 is 4.74 Å². The highest BCUT2D eigenvalue weighted by Gasteiger charge is 1.96. The van der Waals surface area contributed by atoms with Crippen LogP contribution in [-0.4, -0.2) is 5.97 Å². The van der Waals surface area contributed by atoms with E-state index in [1.807, 2.05) is 13.8 Å². The molecule has 90 valence electrons. The highest BCUT2D eigenvalue weighted by Crippen LogP contribution is 2.01. The number of esters is 1. The quantitative estimate of drug-likeness (QED) is 0.300. The molecule has 0 atom stereocenters. The van der Waals surface area contributed by atoms with Gasteiger partial charge in [-0.15, -0.1) is 0 Å². The van der Waals surface area contributed by atoms with Gasteiger partial charge in [-0.1, -0.05) is 55.2 Å². The zero-order chi connectivity index (χ0) is 13.3. The summed E-state index contributed by atoms with van der Waals surface area (Å²) in [6.45, 7) is 14.6. The first-order valence-electron chi connectivity index (χ1n) is 5.17. The van der Waals surface area contributed by atoms with E-state index in [0.29, 0.717) is 0 Å². The Morgan fingerprint density at radius 1 is 1.12 bits per heavy atom. The SMILES string of the molecule is C=C/C(C)=C\C=C/C(=O)OC(=C)/C=C\C(=C)C. The molecule has 0 N–H and O–H groups in total. The van der Waals surface area contributed by atoms with Crippen LogP contribution in [-0.2, 0) is 9.53 Å². The average molecular weight is 230 g/mol. The first-order valence-corrected chi connectivity index (χ1v) is 5.17. The monoisotopic (exact) mass is 230 g/mol. The van der Waals surface area contributed by atoms with E-state index in [0.717, 1.165) is 11.1 Å². The van der Waals surface area contributed by atoms with Crippen LogP contribution in [0.4, 0.5) is 0 Å². The molecule has 0 saturated heterocycles. The van der Waals surface area contributed by atoms with E-state index in [-0.39, 0.29) is 5.76 Å². The molecule has 0 bridgehead atoms. The van der Waals surface area contributed by atoms with Crippen LogP contribution in [0.5, 0.6) is 0 Å². The minimum absolute atomic E-state index is 0.284. The predicted molar refractivity (Wildman–Crippen MR) is 72.3 cm³/mol. The number of rotatable bonds is 6. The van der Waals surface area contributed by atoms with E-state index < -0.39 is 5.97 Å². The molecular weight excluding hydrogens is 212 g/mol. The molecule has 0 aromatic rings. The van der Waals surface area contributed by atoms with Crippen molar-refractivity contribution < 1.29 is 9.53 Å². The summed E-state index contributed by atoms with van der Waals surface area (Å²) in [5.41, 5.74) is 1.83. The van der Waals surface area contributed by atoms with Gasteiger partial charge in [-0.2, -0.15) is 0 Å². The fourth-order valence-corrected chi connectivity index (χ4v) is 0.779. The first kappa shape index (κ1) is 14.9. The molecule has 0 radical (unpaired) electrons. The second kappa shape index (κ2) is 8.11. The Bertz CT molecular complexity index is 407. The van der Waals surface area contributed by atoms with Gasteiger partial charge in [0.1, 0.15) is 5.76 Å². The van der Waals surface area contributed by atoms with Gasteiger partial charge in [0, 0.05) is 6.08 Å². The van der Waals surface area contributed by atoms with Crippen molar-refractivity contribution in [2.24, 2.45) is 0 Å². The lowest BCUT2D eigenvalue weighted by molar-refractivity contribution is -0.133. The lowest BCUT2D eigenvalue weighted by Crippen LogP contribution is -1.97. The minimum Gasteiger partial charge on any atom is -0.424 e. The van der Waals surface area contributed by atoms with E-state index in [1.165, 1.54) is 6.08 Å². The maximum Gasteiger partial charge on any atom is 0.336 e. The van der Waals surface area contributed by atoms with Crippen LogP contribution in [0, 0.1) is 0 Å². The smallest absolute Gasteiger partial charge is 0.336 e. The van der Waals surface area contributed by atoms with Crippen molar-refractivity contribution in [2.45, 2.75) is 13.8 Å². The zero-order valence-electron chi connectivity index (χ0n) is 10.4. The molecule has 0 fully saturated rings. The van der Waals surface area contributed by atoms with Crippen LogP contribution in [0.15, 0.2) is 73.1 Å². The second-order valence-corrected chi connectivity index (χ2v) is 3.54. The Morgan fingerprint density at radius 2 is 1.76 bits per heavy atom. The number of ether oxygens (including phenoxy) is 1. The first-order chi connectivity index (χ1) is 7.95. The topological polar surface area (TPSA) is 26.3 Å². The normalized spacial score (nSPS) is 11.8. The summed E-state index contributed by atoms with van der Waals surface area (Å²) in [7, 11) is 0. The molecule has 0 amide bonds. The predicted octanol–water partition coefficient (Wildman–Crippen LogP) is 3.86. The third-order valence-corrected chi connectivity index (χ3v) is 1.70. The largest absolute Gasteiger partial charge is 0.424 e. The molecule has 2 heteroatoms. The van der Waals surface area contributed by atoms with Gasteiger partial charge in [0.15, 0.2) is 0 Å². The fourth-order valence-electron chi connectivity index (χ4n) is 0.779. The van der Waals surface area contributed by atoms with Crippen molar-refractivity contribution in [3.8, 4) is 0 Å². The fraction of sp³-hybridized carbons (Fsp3) is 0.133. The summed E-state index contributed by atoms with van der Waals surface area (Å²) in [6.07, 6.45) is 9.72. The maximum atomic E-state index is 11.3. The highest BCUT2D eigenvalue weighted by atomic mass is 16.5. The van der Waals surface area contributed by atoms with Crippen LogP contribution in [0.3, 0.4) is 0 Å². The summed E-state index contributed by atoms with van der Waals surface area (Å²) in [5, 5.41) is 0. The molecule has 0 rings (SSSR count). The van der Waals surface area contributed by atoms with E-state index in [9.17, 15) is 4.79 Å². The van der Waals surface area contributed by atoms with E-state index in [2.05, 4.69) is 19.7 Å². The summed E-state index contributed by atoms with van der Waals surface area (Å²) < 4.78 is 4.91. The number of carbonyl (C=O) groups is 1. The van der Waals surface area contributed by atoms with Crippen LogP contribution in [0.25, 0.3) is 0 Å². The van der Waals surface area contributed by atoms with Crippen molar-refractivity contribution >= 4 is 5.97 Å². The van der Waals surface area contributed by atoms with Crippen LogP contribution >= 0.6 is 0 Å². The molecule has 0 aliphatic rings. The molecule has 0 unspecified atom stereocenters. The number of hydrogen-bond donors (Lipinski definition) is 0. The summed E-state index contributed by atoms with van der Waals surface area (Å²) in [5.74, 6) is -0.179. The van der Waals surface area contributed by atoms with E-state index in [1.54, 1.807) is 30.4 Å². The Kier molecular flexibility index (Phi) is 7.11. The van der Waals surface area contributed by atoms with Crippen molar-refractivity contribution in [3.63, 3.8) is 0 Å². The lowest BCUT2D eigenvalue weighted by atomic mass is 10.3. The minimum atomic E-state index is -0.463. The Hall–Kier alpha value is -2.09. The van der Waals surface area contributed by atoms with E-state index >= 15 is 0 Å². The standard InChI is InChI=1S/C15H18O2/c1-6-13(4)8-7-9-15(16)17-14(5)11-10-12(2)3/h6-11H,1-2,5H2,3-4H3/b9-7-,11-10-,13-8-. The molecule has 0 aliphatic carbocycles. The van der Waals surface area contributed by atoms with Crippen LogP contribution in [0.1, 0.15) is 13.8 Å². The number of allylic oxidation sites excluding steroid dienone is 7. The highest BCUT2D eigenvalue weighted by molar-refractivity contribution is 5.83. The average Bonchev–Trinajstić information content (AvgIpc) is 2.26. The van der Waals surface area contributed by atoms with Gasteiger partial charge in [-0.05, 0) is 19.9 Å². The van der Waals surface area contributed by atoms with Crippen molar-refractivity contribution in [3.05, 3.63) is 73.1 Å². The summed E-state index contributed by atoms with van der Waals surface area (Å²) in [4.78, 5) is 11.3. The third-order valence-electron chi connectivity index (χ3n) is 1.70. The Morgan fingerprint density at radius 3 is 2.29 bits per heavy atom. The number of hydrogen-bond acceptors (Lipinski definition) is 2. The molecule has 0 aromatic carbocycles. The lowest BCUT2D eigenvalue weighted by Gasteiger charge is -1.98. The van der Waals surface area contributed by atoms with E-state index in [4.69, 9.17) is 4.74 Å². The molecule has 0 saturated carbocycles. The van der Waals surface area contributed by atoms with Crippen LogP contribution < -0.4 is 0 Å². The summed E-state index contributed by atoms with van der Waals surface area (Å²) in [6, 6.07) is 0. The molecular formula is C15H18O2. The maximum absolute atomic E-state index is 11.3. The molecule has 0 aromatic heterocycles. The molecule has 0 spiro atoms. The molecule has 17 heavy (non-hydrogen) atoms. The van der Waals surface area contributed by atoms with Gasteiger partial charge in [-0.3, -0.25) is 0 Å². The summed E-state index contributed by atoms with van der Waals surface area (Å²) >= 11 is 0. The molecule has 2 nitrogen and oxygen atoms in total. The van der Waals surface area contributed by atoms with Gasteiger partial charge in [0.05, 0.1) is 0 Å². The van der Waals surface area contributed by atoms with Crippen molar-refractivity contribution in [2.75, 3.05) is 0 Å². The number of carbonyl (C=O) groups excluding carboxylic acids is 1. The van der Waals surface area contributed by atoms with Crippen molar-refractivity contribution in [1.82, 2.24) is 0 Å². The third kappa shape index (κ3) is 8.88. The van der Waals surface area contributed by atoms with Gasteiger partial charge >= 0.3 is 5.97 Å². The van der Waals surface area contributed by atoms with Crippen LogP contribution in [0.2, 0.25) is 0 Å². The van der Waals surface area contributed by atoms with Gasteiger partial charge in [0.25, 0.3) is 0 Å². The second-order valence-electron chi connectivity index (χ2n) is 3.54. The van der Waals surface area contributed by atoms with Gasteiger partial charge in [0.2, 0.25) is 0 Å². The Balaban J connectivity index is 4.24. The molecule has 0 aliphatic heterocycles. The van der Waals surface area contributed by atoms with Gasteiger partial charge in [-0.25, -0.2) is 4.79 Å².